The number of fused-ring (bicyclic) bond motifs is 1. The molecule has 2 N–H and O–H groups in total. The zero-order valence-electron chi connectivity index (χ0n) is 16.6. The molecule has 2 aromatic rings. The van der Waals surface area contributed by atoms with Crippen molar-refractivity contribution in [3.8, 4) is 0 Å². The van der Waals surface area contributed by atoms with E-state index in [2.05, 4.69) is 41.4 Å². The van der Waals surface area contributed by atoms with Crippen molar-refractivity contribution in [1.29, 1.82) is 0 Å². The number of carbonyl (C=O) groups excluding carboxylic acids is 1. The molecule has 1 aromatic carbocycles. The number of nitrogens with one attached hydrogen (secondary N) is 1. The van der Waals surface area contributed by atoms with Crippen molar-refractivity contribution in [2.75, 3.05) is 11.4 Å². The first-order valence-corrected chi connectivity index (χ1v) is 10.5. The van der Waals surface area contributed by atoms with Crippen molar-refractivity contribution < 1.29 is 14.3 Å². The molecule has 1 saturated carbocycles. The first-order valence-electron chi connectivity index (χ1n) is 10.5. The van der Waals surface area contributed by atoms with Crippen LogP contribution in [0.15, 0.2) is 41.0 Å². The number of benzene rings is 1. The Balaban J connectivity index is 1.43. The van der Waals surface area contributed by atoms with Gasteiger partial charge in [0.2, 0.25) is 0 Å². The summed E-state index contributed by atoms with van der Waals surface area (Å²) in [6, 6.07) is 10.7. The molecular formula is C23H30N2O3. The SMILES string of the molecule is C[C@@H]1Cc2ccccc2N1Cc1ccoc1C(=O)NCC1(O)CCCCCC1. The molecule has 0 unspecified atom stereocenters. The van der Waals surface area contributed by atoms with Crippen LogP contribution < -0.4 is 10.2 Å². The van der Waals surface area contributed by atoms with Gasteiger partial charge in [0.25, 0.3) is 5.91 Å². The molecule has 0 saturated heterocycles. The molecule has 28 heavy (non-hydrogen) atoms. The van der Waals surface area contributed by atoms with Crippen molar-refractivity contribution in [3.05, 3.63) is 53.5 Å². The molecule has 5 heteroatoms. The first-order chi connectivity index (χ1) is 13.6. The van der Waals surface area contributed by atoms with Gasteiger partial charge >= 0.3 is 0 Å². The van der Waals surface area contributed by atoms with Crippen LogP contribution in [0.2, 0.25) is 0 Å². The van der Waals surface area contributed by atoms with E-state index in [1.807, 2.05) is 6.07 Å². The fourth-order valence-corrected chi connectivity index (χ4v) is 4.60. The van der Waals surface area contributed by atoms with E-state index >= 15 is 0 Å². The maximum Gasteiger partial charge on any atom is 0.287 e. The normalized spacial score (nSPS) is 21.2. The Morgan fingerprint density at radius 1 is 1.21 bits per heavy atom. The second-order valence-corrected chi connectivity index (χ2v) is 8.41. The van der Waals surface area contributed by atoms with Crippen LogP contribution in [0.3, 0.4) is 0 Å². The minimum Gasteiger partial charge on any atom is -0.459 e. The molecule has 150 valence electrons. The van der Waals surface area contributed by atoms with Crippen LogP contribution in [0.25, 0.3) is 0 Å². The molecule has 0 spiro atoms. The van der Waals surface area contributed by atoms with Gasteiger partial charge in [-0.05, 0) is 43.9 Å². The summed E-state index contributed by atoms with van der Waals surface area (Å²) >= 11 is 0. The zero-order valence-corrected chi connectivity index (χ0v) is 16.6. The third-order valence-electron chi connectivity index (χ3n) is 6.25. The van der Waals surface area contributed by atoms with Crippen molar-refractivity contribution in [3.63, 3.8) is 0 Å². The zero-order chi connectivity index (χ0) is 19.6. The number of para-hydroxylation sites is 1. The standard InChI is InChI=1S/C23H30N2O3/c1-17-14-18-8-4-5-9-20(18)25(17)15-19-10-13-28-21(19)22(26)24-16-23(27)11-6-2-3-7-12-23/h4-5,8-10,13,17,27H,2-3,6-7,11-12,14-16H2,1H3,(H,24,26)/t17-/m1/s1. The maximum absolute atomic E-state index is 12.8. The summed E-state index contributed by atoms with van der Waals surface area (Å²) in [6.07, 6.45) is 8.46. The molecule has 2 aliphatic rings. The highest BCUT2D eigenvalue weighted by Crippen LogP contribution is 2.33. The van der Waals surface area contributed by atoms with E-state index in [0.29, 0.717) is 18.3 Å². The quantitative estimate of drug-likeness (QED) is 0.766. The third kappa shape index (κ3) is 3.95. The number of hydrogen-bond donors (Lipinski definition) is 2. The van der Waals surface area contributed by atoms with Gasteiger partial charge in [0, 0.05) is 30.4 Å². The Bertz CT molecular complexity index is 821. The van der Waals surface area contributed by atoms with E-state index in [1.54, 1.807) is 6.26 Å². The first kappa shape index (κ1) is 19.1. The number of nitrogens with zero attached hydrogens (tertiary/aromatic N) is 1. The second-order valence-electron chi connectivity index (χ2n) is 8.41. The molecule has 1 aliphatic heterocycles. The predicted molar refractivity (Wildman–Crippen MR) is 109 cm³/mol. The number of amides is 1. The lowest BCUT2D eigenvalue weighted by Crippen LogP contribution is -2.42. The minimum absolute atomic E-state index is 0.238. The summed E-state index contributed by atoms with van der Waals surface area (Å²) < 4.78 is 5.54. The number of rotatable bonds is 5. The van der Waals surface area contributed by atoms with E-state index in [9.17, 15) is 9.90 Å². The summed E-state index contributed by atoms with van der Waals surface area (Å²) in [5.41, 5.74) is 2.67. The van der Waals surface area contributed by atoms with Crippen LogP contribution >= 0.6 is 0 Å². The average Bonchev–Trinajstić information content (AvgIpc) is 3.20. The summed E-state index contributed by atoms with van der Waals surface area (Å²) in [5, 5.41) is 13.7. The molecule has 2 heterocycles. The molecule has 1 aliphatic carbocycles. The number of carbonyl (C=O) groups is 1. The minimum atomic E-state index is -0.790. The van der Waals surface area contributed by atoms with Gasteiger partial charge in [0.15, 0.2) is 5.76 Å². The van der Waals surface area contributed by atoms with Crippen molar-refractivity contribution >= 4 is 11.6 Å². The highest BCUT2D eigenvalue weighted by atomic mass is 16.3. The van der Waals surface area contributed by atoms with Gasteiger partial charge in [-0.15, -0.1) is 0 Å². The molecule has 0 bridgehead atoms. The highest BCUT2D eigenvalue weighted by molar-refractivity contribution is 5.93. The largest absolute Gasteiger partial charge is 0.459 e. The van der Waals surface area contributed by atoms with Crippen LogP contribution in [0.1, 0.15) is 67.1 Å². The van der Waals surface area contributed by atoms with Gasteiger partial charge < -0.3 is 19.7 Å². The van der Waals surface area contributed by atoms with Crippen LogP contribution in [0.4, 0.5) is 5.69 Å². The molecule has 4 rings (SSSR count). The number of aliphatic hydroxyl groups is 1. The van der Waals surface area contributed by atoms with Crippen LogP contribution in [0.5, 0.6) is 0 Å². The van der Waals surface area contributed by atoms with Gasteiger partial charge in [-0.2, -0.15) is 0 Å². The molecule has 1 amide bonds. The molecule has 1 fully saturated rings. The maximum atomic E-state index is 12.8. The van der Waals surface area contributed by atoms with E-state index < -0.39 is 5.60 Å². The van der Waals surface area contributed by atoms with Crippen LogP contribution in [0, 0.1) is 0 Å². The fourth-order valence-electron chi connectivity index (χ4n) is 4.60. The summed E-state index contributed by atoms with van der Waals surface area (Å²) in [5.74, 6) is 0.117. The topological polar surface area (TPSA) is 65.7 Å². The van der Waals surface area contributed by atoms with E-state index in [0.717, 1.165) is 50.5 Å². The van der Waals surface area contributed by atoms with E-state index in [4.69, 9.17) is 4.42 Å². The number of anilines is 1. The van der Waals surface area contributed by atoms with E-state index in [1.165, 1.54) is 11.3 Å². The van der Waals surface area contributed by atoms with Crippen molar-refractivity contribution in [2.24, 2.45) is 0 Å². The lowest BCUT2D eigenvalue weighted by molar-refractivity contribution is 0.0243. The predicted octanol–water partition coefficient (Wildman–Crippen LogP) is 4.05. The Morgan fingerprint density at radius 2 is 1.96 bits per heavy atom. The van der Waals surface area contributed by atoms with E-state index in [-0.39, 0.29) is 12.5 Å². The van der Waals surface area contributed by atoms with Crippen molar-refractivity contribution in [1.82, 2.24) is 5.32 Å². The van der Waals surface area contributed by atoms with Crippen molar-refractivity contribution in [2.45, 2.75) is 70.1 Å². The molecule has 0 radical (unpaired) electrons. The smallest absolute Gasteiger partial charge is 0.287 e. The summed E-state index contributed by atoms with van der Waals surface area (Å²) in [6.45, 7) is 3.14. The Kier molecular flexibility index (Phi) is 5.44. The van der Waals surface area contributed by atoms with Gasteiger partial charge in [-0.1, -0.05) is 43.9 Å². The Morgan fingerprint density at radius 3 is 2.75 bits per heavy atom. The third-order valence-corrected chi connectivity index (χ3v) is 6.25. The number of furan rings is 1. The van der Waals surface area contributed by atoms with Crippen LogP contribution in [-0.4, -0.2) is 29.2 Å². The Labute approximate surface area is 166 Å². The second kappa shape index (κ2) is 8.00. The Hall–Kier alpha value is -2.27. The fraction of sp³-hybridized carbons (Fsp3) is 0.522. The molecule has 1 aromatic heterocycles. The molecule has 5 nitrogen and oxygen atoms in total. The van der Waals surface area contributed by atoms with Gasteiger partial charge in [0.05, 0.1) is 11.9 Å². The average molecular weight is 383 g/mol. The summed E-state index contributed by atoms with van der Waals surface area (Å²) in [4.78, 5) is 15.1. The summed E-state index contributed by atoms with van der Waals surface area (Å²) in [7, 11) is 0. The molecule has 1 atom stereocenters. The van der Waals surface area contributed by atoms with Gasteiger partial charge in [-0.3, -0.25) is 4.79 Å². The van der Waals surface area contributed by atoms with Crippen LogP contribution in [-0.2, 0) is 13.0 Å². The molecular weight excluding hydrogens is 352 g/mol. The van der Waals surface area contributed by atoms with Gasteiger partial charge in [-0.25, -0.2) is 0 Å². The monoisotopic (exact) mass is 382 g/mol. The highest BCUT2D eigenvalue weighted by Gasteiger charge is 2.30. The lowest BCUT2D eigenvalue weighted by atomic mass is 9.94. The lowest BCUT2D eigenvalue weighted by Gasteiger charge is -2.27. The number of hydrogen-bond acceptors (Lipinski definition) is 4. The van der Waals surface area contributed by atoms with Gasteiger partial charge in [0.1, 0.15) is 0 Å².